The predicted octanol–water partition coefficient (Wildman–Crippen LogP) is 1.69. The van der Waals surface area contributed by atoms with Gasteiger partial charge >= 0.3 is 0 Å². The average molecular weight is 217 g/mol. The molecule has 0 aliphatic carbocycles. The predicted molar refractivity (Wildman–Crippen MR) is 62.7 cm³/mol. The van der Waals surface area contributed by atoms with Crippen LogP contribution in [0.3, 0.4) is 0 Å². The summed E-state index contributed by atoms with van der Waals surface area (Å²) >= 11 is 0. The van der Waals surface area contributed by atoms with E-state index in [0.717, 1.165) is 0 Å². The van der Waals surface area contributed by atoms with E-state index in [1.54, 1.807) is 11.2 Å². The van der Waals surface area contributed by atoms with E-state index in [1.165, 1.54) is 6.20 Å². The maximum atomic E-state index is 8.90. The third kappa shape index (κ3) is 3.02. The van der Waals surface area contributed by atoms with Gasteiger partial charge in [-0.05, 0) is 0 Å². The molecule has 5 nitrogen and oxygen atoms in total. The fraction of sp³-hybridized carbons (Fsp3) is 0.455. The number of rotatable bonds is 3. The Morgan fingerprint density at radius 3 is 2.69 bits per heavy atom. The van der Waals surface area contributed by atoms with Gasteiger partial charge in [0, 0.05) is 20.0 Å². The molecule has 0 aliphatic rings. The molecule has 0 saturated heterocycles. The summed E-state index contributed by atoms with van der Waals surface area (Å²) in [5.41, 5.74) is 0.391. The second kappa shape index (κ2) is 5.21. The first-order chi connectivity index (χ1) is 7.54. The monoisotopic (exact) mass is 217 g/mol. The number of aromatic nitrogens is 2. The molecule has 0 spiro atoms. The highest BCUT2D eigenvalue weighted by Crippen LogP contribution is 2.17. The zero-order valence-electron chi connectivity index (χ0n) is 9.97. The SMILES string of the molecule is CC(C)c1ncc(C#N)c(/N=C\N(C)C)n1. The van der Waals surface area contributed by atoms with Crippen LogP contribution in [0.4, 0.5) is 5.82 Å². The number of hydrogen-bond acceptors (Lipinski definition) is 4. The molecular weight excluding hydrogens is 202 g/mol. The molecule has 0 aromatic carbocycles. The van der Waals surface area contributed by atoms with Gasteiger partial charge in [0.15, 0.2) is 5.82 Å². The van der Waals surface area contributed by atoms with Gasteiger partial charge in [0.2, 0.25) is 0 Å². The standard InChI is InChI=1S/C11H15N5/c1-8(2)10-13-6-9(5-12)11(15-10)14-7-16(3)4/h6-8H,1-4H3/b14-7-. The molecule has 1 aromatic rings. The highest BCUT2D eigenvalue weighted by atomic mass is 15.1. The highest BCUT2D eigenvalue weighted by molar-refractivity contribution is 5.61. The van der Waals surface area contributed by atoms with Crippen molar-refractivity contribution in [1.29, 1.82) is 5.26 Å². The van der Waals surface area contributed by atoms with E-state index in [4.69, 9.17) is 5.26 Å². The van der Waals surface area contributed by atoms with Crippen LogP contribution in [0.25, 0.3) is 0 Å². The summed E-state index contributed by atoms with van der Waals surface area (Å²) in [7, 11) is 3.72. The first-order valence-electron chi connectivity index (χ1n) is 5.02. The van der Waals surface area contributed by atoms with Gasteiger partial charge in [-0.2, -0.15) is 5.26 Å². The molecule has 1 rings (SSSR count). The van der Waals surface area contributed by atoms with Gasteiger partial charge in [-0.25, -0.2) is 15.0 Å². The molecule has 16 heavy (non-hydrogen) atoms. The lowest BCUT2D eigenvalue weighted by Gasteiger charge is -2.06. The maximum Gasteiger partial charge on any atom is 0.175 e. The van der Waals surface area contributed by atoms with E-state index in [9.17, 15) is 0 Å². The van der Waals surface area contributed by atoms with E-state index in [1.807, 2.05) is 34.0 Å². The van der Waals surface area contributed by atoms with Crippen LogP contribution in [0.15, 0.2) is 11.2 Å². The Morgan fingerprint density at radius 2 is 2.19 bits per heavy atom. The van der Waals surface area contributed by atoms with Crippen LogP contribution >= 0.6 is 0 Å². The van der Waals surface area contributed by atoms with Gasteiger partial charge < -0.3 is 4.90 Å². The molecular formula is C11H15N5. The molecule has 1 heterocycles. The summed E-state index contributed by atoms with van der Waals surface area (Å²) in [6.45, 7) is 4.00. The van der Waals surface area contributed by atoms with Crippen LogP contribution in [0.1, 0.15) is 31.2 Å². The second-order valence-electron chi connectivity index (χ2n) is 3.94. The van der Waals surface area contributed by atoms with E-state index in [-0.39, 0.29) is 5.92 Å². The van der Waals surface area contributed by atoms with Crippen molar-refractivity contribution in [3.63, 3.8) is 0 Å². The van der Waals surface area contributed by atoms with E-state index < -0.39 is 0 Å². The molecule has 0 bridgehead atoms. The van der Waals surface area contributed by atoms with Crippen LogP contribution in [0, 0.1) is 11.3 Å². The van der Waals surface area contributed by atoms with Crippen LogP contribution in [-0.2, 0) is 0 Å². The van der Waals surface area contributed by atoms with Crippen molar-refractivity contribution in [3.8, 4) is 6.07 Å². The third-order valence-electron chi connectivity index (χ3n) is 1.84. The Balaban J connectivity index is 3.13. The quantitative estimate of drug-likeness (QED) is 0.571. The molecule has 0 amide bonds. The van der Waals surface area contributed by atoms with Crippen molar-refractivity contribution in [2.75, 3.05) is 14.1 Å². The zero-order valence-corrected chi connectivity index (χ0v) is 9.97. The number of nitriles is 1. The second-order valence-corrected chi connectivity index (χ2v) is 3.94. The lowest BCUT2D eigenvalue weighted by molar-refractivity contribution is 0.642. The minimum atomic E-state index is 0.223. The Bertz CT molecular complexity index is 428. The Labute approximate surface area is 95.5 Å². The minimum Gasteiger partial charge on any atom is -0.369 e. The molecule has 0 aliphatic heterocycles. The van der Waals surface area contributed by atoms with Crippen molar-refractivity contribution in [2.24, 2.45) is 4.99 Å². The highest BCUT2D eigenvalue weighted by Gasteiger charge is 2.08. The number of aliphatic imine (C=N–C) groups is 1. The summed E-state index contributed by atoms with van der Waals surface area (Å²) in [5.74, 6) is 1.35. The van der Waals surface area contributed by atoms with Crippen LogP contribution in [-0.4, -0.2) is 35.3 Å². The minimum absolute atomic E-state index is 0.223. The van der Waals surface area contributed by atoms with Gasteiger partial charge in [0.1, 0.15) is 17.5 Å². The van der Waals surface area contributed by atoms with Crippen molar-refractivity contribution >= 4 is 12.2 Å². The fourth-order valence-corrected chi connectivity index (χ4v) is 1.01. The zero-order chi connectivity index (χ0) is 12.1. The van der Waals surface area contributed by atoms with Gasteiger partial charge in [0.05, 0.1) is 12.5 Å². The smallest absolute Gasteiger partial charge is 0.175 e. The normalized spacial score (nSPS) is 10.8. The summed E-state index contributed by atoms with van der Waals surface area (Å²) in [6.07, 6.45) is 3.14. The van der Waals surface area contributed by atoms with Crippen LogP contribution < -0.4 is 0 Å². The molecule has 84 valence electrons. The summed E-state index contributed by atoms with van der Waals surface area (Å²) in [5, 5.41) is 8.90. The fourth-order valence-electron chi connectivity index (χ4n) is 1.01. The molecule has 0 radical (unpaired) electrons. The maximum absolute atomic E-state index is 8.90. The van der Waals surface area contributed by atoms with Crippen molar-refractivity contribution in [2.45, 2.75) is 19.8 Å². The molecule has 0 atom stereocenters. The van der Waals surface area contributed by atoms with E-state index in [2.05, 4.69) is 15.0 Å². The lowest BCUT2D eigenvalue weighted by Crippen LogP contribution is -2.07. The Hall–Kier alpha value is -1.96. The summed E-state index contributed by atoms with van der Waals surface area (Å²) < 4.78 is 0. The van der Waals surface area contributed by atoms with E-state index in [0.29, 0.717) is 17.2 Å². The lowest BCUT2D eigenvalue weighted by atomic mass is 10.2. The summed E-state index contributed by atoms with van der Waals surface area (Å²) in [4.78, 5) is 14.3. The molecule has 0 N–H and O–H groups in total. The average Bonchev–Trinajstić information content (AvgIpc) is 2.25. The third-order valence-corrected chi connectivity index (χ3v) is 1.84. The Morgan fingerprint density at radius 1 is 1.50 bits per heavy atom. The largest absolute Gasteiger partial charge is 0.369 e. The topological polar surface area (TPSA) is 65.2 Å². The van der Waals surface area contributed by atoms with Crippen molar-refractivity contribution < 1.29 is 0 Å². The van der Waals surface area contributed by atoms with Gasteiger partial charge in [-0.3, -0.25) is 0 Å². The first-order valence-corrected chi connectivity index (χ1v) is 5.02. The molecule has 1 aromatic heterocycles. The summed E-state index contributed by atoms with van der Waals surface area (Å²) in [6, 6.07) is 2.03. The number of nitrogens with zero attached hydrogens (tertiary/aromatic N) is 5. The molecule has 0 saturated carbocycles. The van der Waals surface area contributed by atoms with Gasteiger partial charge in [-0.1, -0.05) is 13.8 Å². The van der Waals surface area contributed by atoms with E-state index >= 15 is 0 Å². The number of hydrogen-bond donors (Lipinski definition) is 0. The van der Waals surface area contributed by atoms with Crippen molar-refractivity contribution in [1.82, 2.24) is 14.9 Å². The van der Waals surface area contributed by atoms with Crippen LogP contribution in [0.2, 0.25) is 0 Å². The van der Waals surface area contributed by atoms with Gasteiger partial charge in [0.25, 0.3) is 0 Å². The Kier molecular flexibility index (Phi) is 3.95. The molecule has 0 unspecified atom stereocenters. The van der Waals surface area contributed by atoms with Crippen molar-refractivity contribution in [3.05, 3.63) is 17.6 Å². The van der Waals surface area contributed by atoms with Crippen LogP contribution in [0.5, 0.6) is 0 Å². The molecule has 0 fully saturated rings. The first kappa shape index (κ1) is 12.1. The van der Waals surface area contributed by atoms with Gasteiger partial charge in [-0.15, -0.1) is 0 Å². The molecule has 5 heteroatoms.